The minimum Gasteiger partial charge on any atom is -0.480 e. The number of carboxylic acid groups (broad SMARTS) is 1. The quantitative estimate of drug-likeness (QED) is 0.136. The fourth-order valence-electron chi connectivity index (χ4n) is 9.42. The van der Waals surface area contributed by atoms with Crippen LogP contribution < -0.4 is 10.6 Å². The minimum atomic E-state index is -1.56. The number of allylic oxidation sites excluding steroid dienone is 1. The Kier molecular flexibility index (Phi) is 12.3. The van der Waals surface area contributed by atoms with Gasteiger partial charge in [0.2, 0.25) is 17.6 Å². The molecule has 8 atom stereocenters. The topological polar surface area (TPSA) is 176 Å². The molecular formula is C37H56N2O9. The van der Waals surface area contributed by atoms with E-state index in [1.807, 2.05) is 19.9 Å². The van der Waals surface area contributed by atoms with Gasteiger partial charge in [0.15, 0.2) is 12.4 Å². The van der Waals surface area contributed by atoms with E-state index < -0.39 is 41.4 Å². The lowest BCUT2D eigenvalue weighted by atomic mass is 9.46. The van der Waals surface area contributed by atoms with Crippen molar-refractivity contribution >= 4 is 35.3 Å². The number of aliphatic carboxylic acids is 1. The summed E-state index contributed by atoms with van der Waals surface area (Å²) < 4.78 is 5.26. The zero-order valence-corrected chi connectivity index (χ0v) is 29.2. The lowest BCUT2D eigenvalue weighted by molar-refractivity contribution is -0.170. The molecule has 2 amide bonds. The van der Waals surface area contributed by atoms with Gasteiger partial charge in [-0.1, -0.05) is 46.1 Å². The minimum absolute atomic E-state index is 0.00454. The molecule has 0 radical (unpaired) electrons. The lowest BCUT2D eigenvalue weighted by Crippen LogP contribution is -2.58. The summed E-state index contributed by atoms with van der Waals surface area (Å²) in [7, 11) is 0. The highest BCUT2D eigenvalue weighted by Gasteiger charge is 2.66. The molecule has 4 aliphatic rings. The molecule has 48 heavy (non-hydrogen) atoms. The molecule has 4 rings (SSSR count). The van der Waals surface area contributed by atoms with Gasteiger partial charge in [-0.15, -0.1) is 0 Å². The molecule has 3 saturated carbocycles. The largest absolute Gasteiger partial charge is 0.480 e. The molecule has 0 aromatic rings. The van der Waals surface area contributed by atoms with Crippen LogP contribution in [0.5, 0.6) is 0 Å². The van der Waals surface area contributed by atoms with E-state index in [4.69, 9.17) is 4.74 Å². The second kappa shape index (κ2) is 15.6. The Labute approximate surface area is 284 Å². The summed E-state index contributed by atoms with van der Waals surface area (Å²) in [4.78, 5) is 73.7. The van der Waals surface area contributed by atoms with Gasteiger partial charge in [-0.05, 0) is 93.0 Å². The maximum atomic E-state index is 13.4. The number of esters is 1. The van der Waals surface area contributed by atoms with E-state index in [1.165, 1.54) is 5.57 Å². The number of amides is 2. The number of ether oxygens (including phenoxy) is 1. The number of carbonyl (C=O) groups is 6. The molecule has 0 spiro atoms. The normalized spacial score (nSPS) is 32.1. The fraction of sp³-hybridized carbons (Fsp3) is 0.784. The van der Waals surface area contributed by atoms with Crippen molar-refractivity contribution in [3.63, 3.8) is 0 Å². The molecule has 268 valence electrons. The van der Waals surface area contributed by atoms with Gasteiger partial charge in [0.05, 0.1) is 6.42 Å². The predicted molar refractivity (Wildman–Crippen MR) is 177 cm³/mol. The van der Waals surface area contributed by atoms with E-state index in [1.54, 1.807) is 6.92 Å². The number of fused-ring (bicyclic) bond motifs is 5. The van der Waals surface area contributed by atoms with E-state index in [2.05, 4.69) is 17.6 Å². The SMILES string of the molecule is CC[C@H](C)[C@H](NC(=O)CCCCCNC(=O)CCC(=O)OCC(=O)[C@@]1(O)CC[C@@H]2[C@@H]3CCC4=CC(=O)CC[C@]4(C)[C@@H]3CC[C@@]21C)C(=O)O. The Morgan fingerprint density at radius 2 is 1.67 bits per heavy atom. The van der Waals surface area contributed by atoms with Crippen molar-refractivity contribution in [2.75, 3.05) is 13.2 Å². The zero-order chi connectivity index (χ0) is 35.3. The fourth-order valence-corrected chi connectivity index (χ4v) is 9.42. The Morgan fingerprint density at radius 1 is 0.938 bits per heavy atom. The van der Waals surface area contributed by atoms with Crippen LogP contribution in [0.25, 0.3) is 0 Å². The van der Waals surface area contributed by atoms with Gasteiger partial charge in [0, 0.05) is 31.2 Å². The Morgan fingerprint density at radius 3 is 2.38 bits per heavy atom. The third-order valence-corrected chi connectivity index (χ3v) is 12.7. The smallest absolute Gasteiger partial charge is 0.326 e. The van der Waals surface area contributed by atoms with Crippen LogP contribution in [0.4, 0.5) is 0 Å². The third-order valence-electron chi connectivity index (χ3n) is 12.7. The van der Waals surface area contributed by atoms with Crippen LogP contribution in [0, 0.1) is 34.5 Å². The van der Waals surface area contributed by atoms with E-state index >= 15 is 0 Å². The molecule has 0 bridgehead atoms. The molecular weight excluding hydrogens is 616 g/mol. The molecule has 0 aromatic carbocycles. The van der Waals surface area contributed by atoms with E-state index in [-0.39, 0.29) is 54.1 Å². The summed E-state index contributed by atoms with van der Waals surface area (Å²) >= 11 is 0. The number of carbonyl (C=O) groups excluding carboxylic acids is 5. The van der Waals surface area contributed by atoms with Crippen molar-refractivity contribution in [3.05, 3.63) is 11.6 Å². The molecule has 0 heterocycles. The number of unbranched alkanes of at least 4 members (excludes halogenated alkanes) is 2. The van der Waals surface area contributed by atoms with E-state index in [0.29, 0.717) is 63.3 Å². The van der Waals surface area contributed by atoms with Crippen LogP contribution in [0.2, 0.25) is 0 Å². The molecule has 4 N–H and O–H groups in total. The Balaban J connectivity index is 1.14. The zero-order valence-electron chi connectivity index (χ0n) is 29.2. The van der Waals surface area contributed by atoms with E-state index in [9.17, 15) is 39.0 Å². The first-order valence-corrected chi connectivity index (χ1v) is 18.1. The second-order valence-electron chi connectivity index (χ2n) is 15.3. The van der Waals surface area contributed by atoms with Crippen LogP contribution in [-0.4, -0.2) is 70.3 Å². The number of aliphatic hydroxyl groups is 1. The summed E-state index contributed by atoms with van der Waals surface area (Å²) in [5.41, 5.74) is -0.879. The number of Topliss-reactive ketones (excluding diaryl/α,β-unsaturated/α-hetero) is 1. The maximum Gasteiger partial charge on any atom is 0.326 e. The van der Waals surface area contributed by atoms with Crippen LogP contribution in [-0.2, 0) is 33.5 Å². The van der Waals surface area contributed by atoms with Gasteiger partial charge in [0.1, 0.15) is 11.6 Å². The van der Waals surface area contributed by atoms with Gasteiger partial charge >= 0.3 is 11.9 Å². The first-order valence-electron chi connectivity index (χ1n) is 18.1. The number of carboxylic acids is 1. The highest BCUT2D eigenvalue weighted by Crippen LogP contribution is 2.67. The highest BCUT2D eigenvalue weighted by atomic mass is 16.5. The predicted octanol–water partition coefficient (Wildman–Crippen LogP) is 4.43. The first kappa shape index (κ1) is 37.7. The van der Waals surface area contributed by atoms with Gasteiger partial charge in [-0.3, -0.25) is 24.0 Å². The van der Waals surface area contributed by atoms with Crippen molar-refractivity contribution in [2.45, 2.75) is 136 Å². The van der Waals surface area contributed by atoms with Crippen molar-refractivity contribution in [1.82, 2.24) is 10.6 Å². The molecule has 0 aliphatic heterocycles. The molecule has 11 heteroatoms. The van der Waals surface area contributed by atoms with Gasteiger partial charge in [-0.2, -0.15) is 0 Å². The molecule has 0 saturated heterocycles. The average Bonchev–Trinajstić information content (AvgIpc) is 3.33. The molecule has 3 fully saturated rings. The number of rotatable bonds is 16. The van der Waals surface area contributed by atoms with Crippen LogP contribution in [0.15, 0.2) is 11.6 Å². The van der Waals surface area contributed by atoms with Crippen molar-refractivity contribution < 1.29 is 43.7 Å². The number of hydrogen-bond acceptors (Lipinski definition) is 8. The summed E-state index contributed by atoms with van der Waals surface area (Å²) in [6, 6.07) is -0.904. The summed E-state index contributed by atoms with van der Waals surface area (Å²) in [6.45, 7) is 7.85. The number of nitrogens with one attached hydrogen (secondary N) is 2. The first-order chi connectivity index (χ1) is 22.7. The van der Waals surface area contributed by atoms with Crippen LogP contribution in [0.1, 0.15) is 124 Å². The van der Waals surface area contributed by atoms with Gasteiger partial charge < -0.3 is 25.6 Å². The number of hydrogen-bond donors (Lipinski definition) is 4. The summed E-state index contributed by atoms with van der Waals surface area (Å²) in [5.74, 6) is -1.75. The maximum absolute atomic E-state index is 13.4. The third kappa shape index (κ3) is 7.87. The lowest BCUT2D eigenvalue weighted by Gasteiger charge is -2.58. The highest BCUT2D eigenvalue weighted by molar-refractivity contribution is 5.92. The summed E-state index contributed by atoms with van der Waals surface area (Å²) in [5, 5.41) is 26.5. The van der Waals surface area contributed by atoms with Crippen molar-refractivity contribution in [3.8, 4) is 0 Å². The molecule has 0 unspecified atom stereocenters. The number of ketones is 2. The van der Waals surface area contributed by atoms with Crippen LogP contribution >= 0.6 is 0 Å². The van der Waals surface area contributed by atoms with Crippen LogP contribution in [0.3, 0.4) is 0 Å². The van der Waals surface area contributed by atoms with Gasteiger partial charge in [-0.25, -0.2) is 4.79 Å². The van der Waals surface area contributed by atoms with Gasteiger partial charge in [0.25, 0.3) is 0 Å². The summed E-state index contributed by atoms with van der Waals surface area (Å²) in [6.07, 6.45) is 10.3. The Bertz CT molecular complexity index is 1300. The molecule has 0 aromatic heterocycles. The second-order valence-corrected chi connectivity index (χ2v) is 15.3. The average molecular weight is 673 g/mol. The Hall–Kier alpha value is -3.08. The standard InChI is InChI=1S/C37H56N2O9/c1-5-23(2)33(34(45)46)39-31(43)9-7-6-8-20-38-30(42)12-13-32(44)48-22-29(41)37(47)19-16-28-26-11-10-24-21-25(40)14-17-35(24,3)27(26)15-18-36(28,37)4/h21,23,26-28,33,47H,5-20,22H2,1-4H3,(H,38,42)(H,39,43)(H,45,46)/t23-,26+,27+,28+,33-,35-,36-,37-/m0/s1. The monoisotopic (exact) mass is 672 g/mol. The van der Waals surface area contributed by atoms with E-state index in [0.717, 1.165) is 32.1 Å². The van der Waals surface area contributed by atoms with Crippen molar-refractivity contribution in [2.24, 2.45) is 34.5 Å². The van der Waals surface area contributed by atoms with Crippen molar-refractivity contribution in [1.29, 1.82) is 0 Å². The molecule has 4 aliphatic carbocycles. The molecule has 11 nitrogen and oxygen atoms in total.